The molecule has 3 aliphatic rings. The zero-order valence-electron chi connectivity index (χ0n) is 23.1. The average Bonchev–Trinajstić information content (AvgIpc) is 2.64. The molecule has 4 heterocycles. The quantitative estimate of drug-likeness (QED) is 0.670. The van der Waals surface area contributed by atoms with Crippen molar-refractivity contribution >= 4 is 17.8 Å². The van der Waals surface area contributed by atoms with Gasteiger partial charge in [0.1, 0.15) is 0 Å². The van der Waals surface area contributed by atoms with Crippen LogP contribution >= 0.6 is 0 Å². The molecule has 35 heavy (non-hydrogen) atoms. The number of aromatic nitrogens is 3. The van der Waals surface area contributed by atoms with Crippen LogP contribution < -0.4 is 20.4 Å². The number of rotatable bonds is 3. The minimum absolute atomic E-state index is 0. The van der Waals surface area contributed by atoms with Crippen LogP contribution in [0.15, 0.2) is 0 Å². The number of hydrogen-bond acceptors (Lipinski definition) is 8. The lowest BCUT2D eigenvalue weighted by atomic mass is 9.77. The molecule has 0 aliphatic carbocycles. The van der Waals surface area contributed by atoms with Crippen LogP contribution in [0.1, 0.15) is 87.5 Å². The second kappa shape index (κ2) is 9.95. The van der Waals surface area contributed by atoms with Crippen molar-refractivity contribution in [2.45, 2.75) is 116 Å². The van der Waals surface area contributed by atoms with Gasteiger partial charge in [0.15, 0.2) is 0 Å². The number of morpholine rings is 1. The second-order valence-corrected chi connectivity index (χ2v) is 12.8. The number of nitrogens with zero attached hydrogens (tertiary/aromatic N) is 6. The zero-order chi connectivity index (χ0) is 24.2. The maximum atomic E-state index is 6.48. The summed E-state index contributed by atoms with van der Waals surface area (Å²) in [5.41, 5.74) is 6.11. The fourth-order valence-electron chi connectivity index (χ4n) is 6.88. The SMILES string of the molecule is CC1(C)CCCC(C)(C)N1c1nc(N2CCOCC2)nc(N2C(C)(C)CC(N)CC2(C)C)n1.O.O. The van der Waals surface area contributed by atoms with E-state index in [1.54, 1.807) is 0 Å². The Morgan fingerprint density at radius 2 is 1.09 bits per heavy atom. The number of hydrogen-bond donors (Lipinski definition) is 1. The van der Waals surface area contributed by atoms with Crippen LogP contribution in [0, 0.1) is 0 Å². The summed E-state index contributed by atoms with van der Waals surface area (Å²) in [5, 5.41) is 0. The Balaban J connectivity index is 0.00000216. The third-order valence-electron chi connectivity index (χ3n) is 7.82. The molecule has 0 amide bonds. The molecule has 6 N–H and O–H groups in total. The summed E-state index contributed by atoms with van der Waals surface area (Å²) in [4.78, 5) is 22.5. The molecule has 3 fully saturated rings. The first-order valence-corrected chi connectivity index (χ1v) is 12.7. The van der Waals surface area contributed by atoms with E-state index in [0.717, 1.165) is 56.6 Å². The van der Waals surface area contributed by atoms with E-state index in [4.69, 9.17) is 25.4 Å². The number of anilines is 3. The predicted octanol–water partition coefficient (Wildman–Crippen LogP) is 2.09. The second-order valence-electron chi connectivity index (χ2n) is 12.8. The summed E-state index contributed by atoms with van der Waals surface area (Å²) in [6.07, 6.45) is 5.28. The highest BCUT2D eigenvalue weighted by Gasteiger charge is 2.48. The fourth-order valence-corrected chi connectivity index (χ4v) is 6.88. The van der Waals surface area contributed by atoms with Crippen molar-refractivity contribution in [3.63, 3.8) is 0 Å². The van der Waals surface area contributed by atoms with E-state index in [9.17, 15) is 0 Å². The highest BCUT2D eigenvalue weighted by Crippen LogP contribution is 2.44. The van der Waals surface area contributed by atoms with Crippen LogP contribution in [-0.2, 0) is 4.74 Å². The molecule has 0 spiro atoms. The smallest absolute Gasteiger partial charge is 0.232 e. The summed E-state index contributed by atoms with van der Waals surface area (Å²) >= 11 is 0. The average molecular weight is 496 g/mol. The third-order valence-corrected chi connectivity index (χ3v) is 7.82. The zero-order valence-corrected chi connectivity index (χ0v) is 23.1. The van der Waals surface area contributed by atoms with E-state index in [2.05, 4.69) is 70.1 Å². The minimum atomic E-state index is -0.158. The van der Waals surface area contributed by atoms with Crippen LogP contribution in [0.4, 0.5) is 17.8 Å². The molecule has 3 saturated heterocycles. The van der Waals surface area contributed by atoms with Gasteiger partial charge in [-0.2, -0.15) is 15.0 Å². The van der Waals surface area contributed by atoms with Crippen molar-refractivity contribution in [3.8, 4) is 0 Å². The molecule has 0 aromatic carbocycles. The Hall–Kier alpha value is -1.75. The van der Waals surface area contributed by atoms with Gasteiger partial charge in [-0.1, -0.05) is 0 Å². The van der Waals surface area contributed by atoms with Gasteiger partial charge < -0.3 is 36.1 Å². The Morgan fingerprint density at radius 3 is 1.54 bits per heavy atom. The molecule has 0 atom stereocenters. The van der Waals surface area contributed by atoms with Crippen LogP contribution in [0.25, 0.3) is 0 Å². The normalized spacial score (nSPS) is 25.5. The monoisotopic (exact) mass is 495 g/mol. The van der Waals surface area contributed by atoms with E-state index in [0.29, 0.717) is 13.2 Å². The van der Waals surface area contributed by atoms with E-state index in [-0.39, 0.29) is 39.1 Å². The molecule has 0 bridgehead atoms. The highest BCUT2D eigenvalue weighted by atomic mass is 16.5. The van der Waals surface area contributed by atoms with Gasteiger partial charge >= 0.3 is 0 Å². The van der Waals surface area contributed by atoms with E-state index >= 15 is 0 Å². The van der Waals surface area contributed by atoms with Gasteiger partial charge in [0.05, 0.1) is 13.2 Å². The molecular weight excluding hydrogens is 446 g/mol. The van der Waals surface area contributed by atoms with Gasteiger partial charge in [-0.15, -0.1) is 0 Å². The first-order chi connectivity index (χ1) is 15.2. The molecule has 4 rings (SSSR count). The lowest BCUT2D eigenvalue weighted by Crippen LogP contribution is -2.64. The van der Waals surface area contributed by atoms with Gasteiger partial charge in [-0.05, 0) is 87.5 Å². The highest BCUT2D eigenvalue weighted by molar-refractivity contribution is 5.52. The Morgan fingerprint density at radius 1 is 0.686 bits per heavy atom. The first kappa shape index (κ1) is 29.5. The van der Waals surface area contributed by atoms with Crippen LogP contribution in [-0.4, -0.2) is 80.4 Å². The van der Waals surface area contributed by atoms with E-state index < -0.39 is 0 Å². The molecule has 10 heteroatoms. The van der Waals surface area contributed by atoms with Crippen LogP contribution in [0.5, 0.6) is 0 Å². The topological polar surface area (TPSA) is 147 Å². The van der Waals surface area contributed by atoms with Gasteiger partial charge in [0.2, 0.25) is 17.8 Å². The van der Waals surface area contributed by atoms with Crippen LogP contribution in [0.3, 0.4) is 0 Å². The van der Waals surface area contributed by atoms with Crippen molar-refractivity contribution in [2.24, 2.45) is 5.73 Å². The molecular formula is C25H49N7O3. The summed E-state index contributed by atoms with van der Waals surface area (Å²) in [5.74, 6) is 2.31. The lowest BCUT2D eigenvalue weighted by molar-refractivity contribution is 0.122. The van der Waals surface area contributed by atoms with Crippen molar-refractivity contribution < 1.29 is 15.7 Å². The Labute approximate surface area is 211 Å². The standard InChI is InChI=1S/C25H45N7O.2H2O/c1-22(2)10-9-11-23(3,4)31(22)20-27-19(30-12-14-33-15-13-30)28-21(29-20)32-24(5,6)16-18(26)17-25(32,7)8;;/h18H,9-17,26H2,1-8H3;2*1H2. The van der Waals surface area contributed by atoms with Crippen molar-refractivity contribution in [3.05, 3.63) is 0 Å². The number of nitrogens with two attached hydrogens (primary N) is 1. The first-order valence-electron chi connectivity index (χ1n) is 12.7. The number of ether oxygens (including phenoxy) is 1. The summed E-state index contributed by atoms with van der Waals surface area (Å²) in [6.45, 7) is 21.3. The maximum Gasteiger partial charge on any atom is 0.232 e. The molecule has 1 aromatic heterocycles. The molecule has 0 unspecified atom stereocenters. The molecule has 0 radical (unpaired) electrons. The van der Waals surface area contributed by atoms with Crippen molar-refractivity contribution in [2.75, 3.05) is 41.0 Å². The largest absolute Gasteiger partial charge is 0.412 e. The minimum Gasteiger partial charge on any atom is -0.412 e. The molecule has 202 valence electrons. The molecule has 10 nitrogen and oxygen atoms in total. The lowest BCUT2D eigenvalue weighted by Gasteiger charge is -2.55. The molecule has 1 aromatic rings. The van der Waals surface area contributed by atoms with Gasteiger partial charge in [0, 0.05) is 41.3 Å². The predicted molar refractivity (Wildman–Crippen MR) is 142 cm³/mol. The van der Waals surface area contributed by atoms with Gasteiger partial charge in [-0.25, -0.2) is 0 Å². The van der Waals surface area contributed by atoms with E-state index in [1.165, 1.54) is 6.42 Å². The maximum absolute atomic E-state index is 6.48. The fraction of sp³-hybridized carbons (Fsp3) is 0.880. The third kappa shape index (κ3) is 5.65. The van der Waals surface area contributed by atoms with Crippen molar-refractivity contribution in [1.29, 1.82) is 0 Å². The summed E-state index contributed by atoms with van der Waals surface area (Å²) < 4.78 is 5.61. The Bertz CT molecular complexity index is 835. The molecule has 3 aliphatic heterocycles. The van der Waals surface area contributed by atoms with Crippen LogP contribution in [0.2, 0.25) is 0 Å². The molecule has 0 saturated carbocycles. The summed E-state index contributed by atoms with van der Waals surface area (Å²) in [7, 11) is 0. The van der Waals surface area contributed by atoms with Crippen molar-refractivity contribution in [1.82, 2.24) is 15.0 Å². The van der Waals surface area contributed by atoms with E-state index in [1.807, 2.05) is 0 Å². The van der Waals surface area contributed by atoms with Gasteiger partial charge in [-0.3, -0.25) is 0 Å². The Kier molecular flexibility index (Phi) is 8.38. The number of piperidine rings is 2. The van der Waals surface area contributed by atoms with Gasteiger partial charge in [0.25, 0.3) is 0 Å². The summed E-state index contributed by atoms with van der Waals surface area (Å²) in [6, 6.07) is 0.172.